The fourth-order valence-corrected chi connectivity index (χ4v) is 8.25. The number of rotatable bonds is 7. The van der Waals surface area contributed by atoms with Gasteiger partial charge >= 0.3 is 0 Å². The fourth-order valence-electron chi connectivity index (χ4n) is 7.07. The summed E-state index contributed by atoms with van der Waals surface area (Å²) < 4.78 is 0. The van der Waals surface area contributed by atoms with E-state index in [2.05, 4.69) is 183 Å². The van der Waals surface area contributed by atoms with E-state index in [1.165, 1.54) is 81.4 Å². The van der Waals surface area contributed by atoms with Crippen LogP contribution in [0.3, 0.4) is 0 Å². The van der Waals surface area contributed by atoms with E-state index < -0.39 is 0 Å². The van der Waals surface area contributed by atoms with Crippen LogP contribution in [0.5, 0.6) is 0 Å². The van der Waals surface area contributed by atoms with Crippen LogP contribution in [0.25, 0.3) is 88.0 Å². The van der Waals surface area contributed by atoms with Crippen molar-refractivity contribution in [3.63, 3.8) is 0 Å². The van der Waals surface area contributed by atoms with Crippen molar-refractivity contribution in [3.8, 4) is 54.3 Å². The molecule has 228 valence electrons. The van der Waals surface area contributed by atoms with E-state index >= 15 is 0 Å². The highest BCUT2D eigenvalue weighted by atomic mass is 32.1. The molecule has 0 nitrogen and oxygen atoms in total. The van der Waals surface area contributed by atoms with Crippen molar-refractivity contribution < 1.29 is 0 Å². The highest BCUT2D eigenvalue weighted by Gasteiger charge is 2.21. The van der Waals surface area contributed by atoms with E-state index in [0.717, 1.165) is 5.56 Å². The third kappa shape index (κ3) is 5.19. The molecular weight excluding hydrogens is 597 g/mol. The van der Waals surface area contributed by atoms with E-state index in [4.69, 9.17) is 0 Å². The van der Waals surface area contributed by atoms with E-state index in [9.17, 15) is 0 Å². The van der Waals surface area contributed by atoms with Crippen LogP contribution in [0.4, 0.5) is 0 Å². The van der Waals surface area contributed by atoms with Crippen molar-refractivity contribution in [3.05, 3.63) is 182 Å². The molecule has 0 aliphatic rings. The Morgan fingerprint density at radius 1 is 0.479 bits per heavy atom. The van der Waals surface area contributed by atoms with Crippen molar-refractivity contribution in [2.24, 2.45) is 0 Å². The summed E-state index contributed by atoms with van der Waals surface area (Å²) in [6, 6.07) is 57.1. The molecule has 7 aromatic carbocycles. The molecule has 0 N–H and O–H groups in total. The van der Waals surface area contributed by atoms with E-state index in [1.807, 2.05) is 17.4 Å². The van der Waals surface area contributed by atoms with E-state index in [1.54, 1.807) is 0 Å². The van der Waals surface area contributed by atoms with Gasteiger partial charge in [0.15, 0.2) is 0 Å². The predicted octanol–water partition coefficient (Wildman–Crippen LogP) is 14.1. The van der Waals surface area contributed by atoms with Gasteiger partial charge in [0.1, 0.15) is 0 Å². The first-order chi connectivity index (χ1) is 23.7. The Labute approximate surface area is 286 Å². The molecule has 1 heterocycles. The van der Waals surface area contributed by atoms with Gasteiger partial charge in [-0.3, -0.25) is 0 Å². The first-order valence-corrected chi connectivity index (χ1v) is 17.2. The third-order valence-corrected chi connectivity index (χ3v) is 10.4. The summed E-state index contributed by atoms with van der Waals surface area (Å²) >= 11 is 1.86. The molecule has 0 amide bonds. The van der Waals surface area contributed by atoms with Crippen molar-refractivity contribution in [1.82, 2.24) is 0 Å². The Morgan fingerprint density at radius 2 is 1.06 bits per heavy atom. The van der Waals surface area contributed by atoms with Gasteiger partial charge < -0.3 is 0 Å². The van der Waals surface area contributed by atoms with Gasteiger partial charge in [0.05, 0.1) is 0 Å². The molecular formula is C47H34S. The van der Waals surface area contributed by atoms with E-state index in [-0.39, 0.29) is 0 Å². The van der Waals surface area contributed by atoms with Crippen LogP contribution in [0, 0.1) is 0 Å². The van der Waals surface area contributed by atoms with Gasteiger partial charge in [-0.15, -0.1) is 11.3 Å². The summed E-state index contributed by atoms with van der Waals surface area (Å²) in [5, 5.41) is 4.94. The summed E-state index contributed by atoms with van der Waals surface area (Å²) in [7, 11) is 0. The minimum atomic E-state index is 1.15. The molecule has 48 heavy (non-hydrogen) atoms. The smallest absolute Gasteiger partial charge is 0.0427 e. The van der Waals surface area contributed by atoms with Crippen molar-refractivity contribution in [1.29, 1.82) is 0 Å². The lowest BCUT2D eigenvalue weighted by Gasteiger charge is -2.21. The summed E-state index contributed by atoms with van der Waals surface area (Å²) in [6.45, 7) is 6.48. The molecule has 0 saturated heterocycles. The lowest BCUT2D eigenvalue weighted by atomic mass is 9.82. The van der Waals surface area contributed by atoms with Crippen LogP contribution in [-0.2, 0) is 0 Å². The summed E-state index contributed by atoms with van der Waals surface area (Å²) in [5.41, 5.74) is 12.2. The second-order valence-corrected chi connectivity index (χ2v) is 13.1. The normalized spacial score (nSPS) is 11.4. The zero-order valence-corrected chi connectivity index (χ0v) is 27.7. The highest BCUT2D eigenvalue weighted by molar-refractivity contribution is 7.19. The van der Waals surface area contributed by atoms with Crippen LogP contribution in [0.15, 0.2) is 170 Å². The van der Waals surface area contributed by atoms with E-state index in [0.29, 0.717) is 0 Å². The van der Waals surface area contributed by atoms with Crippen LogP contribution in [-0.4, -0.2) is 0 Å². The van der Waals surface area contributed by atoms with Crippen LogP contribution in [0.2, 0.25) is 0 Å². The first kappa shape index (κ1) is 29.6. The van der Waals surface area contributed by atoms with Crippen molar-refractivity contribution in [2.45, 2.75) is 6.92 Å². The standard InChI is InChI=1S/C47H34S/c1-3-17-39-37(4-2)46(40-29-16-23-32-20-11-12-26-38(32)40)42-28-14-13-27-41(42)45(39)36-25-15-24-35(30-36)44-31-43(33-18-7-5-8-19-33)47(48-44)34-21-9-6-10-22-34/h3-31H,2H2,1H3/b17-3-. The summed E-state index contributed by atoms with van der Waals surface area (Å²) in [5.74, 6) is 0. The fraction of sp³-hybridized carbons (Fsp3) is 0.0213. The second-order valence-electron chi connectivity index (χ2n) is 12.0. The van der Waals surface area contributed by atoms with Gasteiger partial charge in [-0.05, 0) is 90.7 Å². The second kappa shape index (κ2) is 12.8. The molecule has 0 bridgehead atoms. The van der Waals surface area contributed by atoms with Crippen molar-refractivity contribution in [2.75, 3.05) is 0 Å². The number of hydrogen-bond donors (Lipinski definition) is 0. The van der Waals surface area contributed by atoms with Gasteiger partial charge in [0.2, 0.25) is 0 Å². The van der Waals surface area contributed by atoms with Gasteiger partial charge in [-0.1, -0.05) is 170 Å². The largest absolute Gasteiger partial charge is 0.135 e. The maximum absolute atomic E-state index is 4.38. The molecule has 0 radical (unpaired) electrons. The molecule has 1 heteroatoms. The Balaban J connectivity index is 1.37. The van der Waals surface area contributed by atoms with Crippen LogP contribution >= 0.6 is 11.3 Å². The number of hydrogen-bond acceptors (Lipinski definition) is 1. The maximum Gasteiger partial charge on any atom is 0.0427 e. The summed E-state index contributed by atoms with van der Waals surface area (Å²) in [6.07, 6.45) is 6.45. The lowest BCUT2D eigenvalue weighted by molar-refractivity contribution is 1.58. The molecule has 0 aliphatic heterocycles. The Bertz CT molecular complexity index is 2400. The maximum atomic E-state index is 4.38. The minimum absolute atomic E-state index is 1.15. The quantitative estimate of drug-likeness (QED) is 0.164. The van der Waals surface area contributed by atoms with Crippen molar-refractivity contribution >= 4 is 45.0 Å². The highest BCUT2D eigenvalue weighted by Crippen LogP contribution is 2.47. The predicted molar refractivity (Wildman–Crippen MR) is 211 cm³/mol. The van der Waals surface area contributed by atoms with Crippen LogP contribution in [0.1, 0.15) is 18.1 Å². The molecule has 0 atom stereocenters. The summed E-state index contributed by atoms with van der Waals surface area (Å²) in [4.78, 5) is 2.54. The Kier molecular flexibility index (Phi) is 7.90. The average Bonchev–Trinajstić information content (AvgIpc) is 3.61. The zero-order valence-electron chi connectivity index (χ0n) is 26.9. The Morgan fingerprint density at radius 3 is 1.79 bits per heavy atom. The monoisotopic (exact) mass is 630 g/mol. The van der Waals surface area contributed by atoms with Gasteiger partial charge in [-0.25, -0.2) is 0 Å². The molecule has 0 saturated carbocycles. The number of benzene rings is 7. The molecule has 8 aromatic rings. The average molecular weight is 631 g/mol. The number of thiophene rings is 1. The molecule has 8 rings (SSSR count). The Hall–Kier alpha value is -5.76. The minimum Gasteiger partial charge on any atom is -0.135 e. The first-order valence-electron chi connectivity index (χ1n) is 16.4. The SMILES string of the molecule is C=Cc1c(/C=C\C)c(-c2cccc(-c3cc(-c4ccccc4)c(-c4ccccc4)s3)c2)c2ccccc2c1-c1cccc2ccccc12. The molecule has 1 aromatic heterocycles. The molecule has 0 fully saturated rings. The molecule has 0 spiro atoms. The molecule has 0 aliphatic carbocycles. The number of fused-ring (bicyclic) bond motifs is 2. The topological polar surface area (TPSA) is 0 Å². The van der Waals surface area contributed by atoms with Gasteiger partial charge in [0, 0.05) is 15.3 Å². The zero-order chi connectivity index (χ0) is 32.5. The number of allylic oxidation sites excluding steroid dienone is 1. The molecule has 0 unspecified atom stereocenters. The lowest BCUT2D eigenvalue weighted by Crippen LogP contribution is -1.97. The van der Waals surface area contributed by atoms with Crippen LogP contribution < -0.4 is 0 Å². The third-order valence-electron chi connectivity index (χ3n) is 9.18. The van der Waals surface area contributed by atoms with Gasteiger partial charge in [0.25, 0.3) is 0 Å². The van der Waals surface area contributed by atoms with Gasteiger partial charge in [-0.2, -0.15) is 0 Å².